The van der Waals surface area contributed by atoms with Gasteiger partial charge in [-0.1, -0.05) is 49.2 Å². The smallest absolute Gasteiger partial charge is 0.408 e. The molecule has 1 fully saturated rings. The molecule has 184 valence electrons. The molecule has 3 amide bonds. The average molecular weight is 477 g/mol. The lowest BCUT2D eigenvalue weighted by molar-refractivity contribution is -0.131. The van der Waals surface area contributed by atoms with Crippen LogP contribution in [-0.4, -0.2) is 35.1 Å². The summed E-state index contributed by atoms with van der Waals surface area (Å²) in [5, 5.41) is 14.5. The fourth-order valence-corrected chi connectivity index (χ4v) is 4.21. The van der Waals surface area contributed by atoms with Gasteiger partial charge < -0.3 is 21.1 Å². The van der Waals surface area contributed by atoms with Crippen LogP contribution in [0.25, 0.3) is 11.1 Å². The zero-order valence-electron chi connectivity index (χ0n) is 20.4. The first-order chi connectivity index (χ1) is 16.5. The molecule has 0 heterocycles. The lowest BCUT2D eigenvalue weighted by atomic mass is 9.95. The van der Waals surface area contributed by atoms with Crippen LogP contribution in [0.1, 0.15) is 57.6 Å². The Morgan fingerprint density at radius 3 is 2.06 bits per heavy atom. The molecule has 1 atom stereocenters. The summed E-state index contributed by atoms with van der Waals surface area (Å²) in [6, 6.07) is 16.0. The first kappa shape index (κ1) is 25.8. The van der Waals surface area contributed by atoms with Crippen LogP contribution in [0.3, 0.4) is 0 Å². The van der Waals surface area contributed by atoms with Crippen molar-refractivity contribution in [1.82, 2.24) is 10.6 Å². The average Bonchev–Trinajstić information content (AvgIpc) is 3.27. The molecule has 0 spiro atoms. The number of nitrogens with one attached hydrogen (secondary N) is 2. The number of nitrogens with zero attached hydrogens (tertiary/aromatic N) is 1. The van der Waals surface area contributed by atoms with E-state index in [1.54, 1.807) is 32.9 Å². The SMILES string of the molecule is CC(C)(C)OC(=O)NC1(C(=O)NC(Cc2ccc(-c3ccc(C#N)cc3)cc2)C(N)=O)CCCC1. The third kappa shape index (κ3) is 6.82. The highest BCUT2D eigenvalue weighted by Crippen LogP contribution is 2.31. The Hall–Kier alpha value is -3.86. The van der Waals surface area contributed by atoms with E-state index in [0.717, 1.165) is 29.5 Å². The third-order valence-corrected chi connectivity index (χ3v) is 6.02. The predicted octanol–water partition coefficient (Wildman–Crippen LogP) is 3.58. The maximum atomic E-state index is 13.3. The van der Waals surface area contributed by atoms with Gasteiger partial charge in [-0.25, -0.2) is 4.79 Å². The van der Waals surface area contributed by atoms with Gasteiger partial charge in [0.05, 0.1) is 11.6 Å². The highest BCUT2D eigenvalue weighted by atomic mass is 16.6. The van der Waals surface area contributed by atoms with Crippen molar-refractivity contribution in [2.75, 3.05) is 0 Å². The van der Waals surface area contributed by atoms with Gasteiger partial charge in [0.15, 0.2) is 0 Å². The maximum absolute atomic E-state index is 13.3. The second kappa shape index (κ2) is 10.6. The fraction of sp³-hybridized carbons (Fsp3) is 0.407. The number of rotatable bonds is 7. The van der Waals surface area contributed by atoms with Gasteiger partial charge in [-0.2, -0.15) is 5.26 Å². The number of ether oxygens (including phenoxy) is 1. The van der Waals surface area contributed by atoms with Crippen LogP contribution >= 0.6 is 0 Å². The maximum Gasteiger partial charge on any atom is 0.408 e. The van der Waals surface area contributed by atoms with Crippen molar-refractivity contribution < 1.29 is 19.1 Å². The third-order valence-electron chi connectivity index (χ3n) is 6.02. The van der Waals surface area contributed by atoms with E-state index in [1.165, 1.54) is 0 Å². The van der Waals surface area contributed by atoms with Crippen molar-refractivity contribution in [1.29, 1.82) is 5.26 Å². The molecule has 0 radical (unpaired) electrons. The number of primary amides is 1. The fourth-order valence-electron chi connectivity index (χ4n) is 4.21. The molecule has 1 aliphatic rings. The molecule has 0 aliphatic heterocycles. The van der Waals surface area contributed by atoms with Crippen molar-refractivity contribution >= 4 is 17.9 Å². The number of amides is 3. The van der Waals surface area contributed by atoms with Crippen LogP contribution in [0.15, 0.2) is 48.5 Å². The van der Waals surface area contributed by atoms with Crippen molar-refractivity contribution in [2.45, 2.75) is 70.1 Å². The van der Waals surface area contributed by atoms with Crippen LogP contribution in [0.5, 0.6) is 0 Å². The standard InChI is InChI=1S/C27H32N4O4/c1-26(2,3)35-25(34)31-27(14-4-5-15-27)24(33)30-22(23(29)32)16-18-6-10-20(11-7-18)21-12-8-19(17-28)9-13-21/h6-13,22H,4-5,14-16H2,1-3H3,(H2,29,32)(H,30,33)(H,31,34). The molecule has 0 aromatic heterocycles. The van der Waals surface area contributed by atoms with Crippen molar-refractivity contribution in [3.63, 3.8) is 0 Å². The topological polar surface area (TPSA) is 134 Å². The van der Waals surface area contributed by atoms with Crippen molar-refractivity contribution in [2.24, 2.45) is 5.73 Å². The summed E-state index contributed by atoms with van der Waals surface area (Å²) >= 11 is 0. The molecule has 3 rings (SSSR count). The molecule has 0 bridgehead atoms. The Kier molecular flexibility index (Phi) is 7.80. The van der Waals surface area contributed by atoms with Gasteiger partial charge in [0.25, 0.3) is 0 Å². The summed E-state index contributed by atoms with van der Waals surface area (Å²) in [6.07, 6.45) is 2.04. The van der Waals surface area contributed by atoms with E-state index in [1.807, 2.05) is 36.4 Å². The molecule has 8 nitrogen and oxygen atoms in total. The van der Waals surface area contributed by atoms with E-state index in [2.05, 4.69) is 16.7 Å². The van der Waals surface area contributed by atoms with Crippen molar-refractivity contribution in [3.8, 4) is 17.2 Å². The lowest BCUT2D eigenvalue weighted by Crippen LogP contribution is -2.61. The zero-order chi connectivity index (χ0) is 25.6. The minimum atomic E-state index is -1.13. The molecular formula is C27H32N4O4. The molecule has 2 aromatic carbocycles. The van der Waals surface area contributed by atoms with Gasteiger partial charge in [0, 0.05) is 6.42 Å². The monoisotopic (exact) mass is 476 g/mol. The van der Waals surface area contributed by atoms with Gasteiger partial charge >= 0.3 is 6.09 Å². The molecule has 35 heavy (non-hydrogen) atoms. The van der Waals surface area contributed by atoms with Gasteiger partial charge in [-0.3, -0.25) is 9.59 Å². The first-order valence-electron chi connectivity index (χ1n) is 11.7. The van der Waals surface area contributed by atoms with Crippen LogP contribution in [0, 0.1) is 11.3 Å². The molecule has 4 N–H and O–H groups in total. The minimum absolute atomic E-state index is 0.219. The summed E-state index contributed by atoms with van der Waals surface area (Å²) in [6.45, 7) is 5.26. The number of alkyl carbamates (subject to hydrolysis) is 1. The molecule has 1 saturated carbocycles. The van der Waals surface area contributed by atoms with Crippen LogP contribution < -0.4 is 16.4 Å². The summed E-state index contributed by atoms with van der Waals surface area (Å²) in [5.74, 6) is -1.08. The van der Waals surface area contributed by atoms with E-state index in [9.17, 15) is 14.4 Å². The Morgan fingerprint density at radius 2 is 1.57 bits per heavy atom. The highest BCUT2D eigenvalue weighted by molar-refractivity contribution is 5.94. The molecule has 1 aliphatic carbocycles. The first-order valence-corrected chi connectivity index (χ1v) is 11.7. The summed E-state index contributed by atoms with van der Waals surface area (Å²) in [7, 11) is 0. The minimum Gasteiger partial charge on any atom is -0.444 e. The number of hydrogen-bond donors (Lipinski definition) is 3. The van der Waals surface area contributed by atoms with Crippen LogP contribution in [0.4, 0.5) is 4.79 Å². The van der Waals surface area contributed by atoms with E-state index in [4.69, 9.17) is 15.7 Å². The molecule has 2 aromatic rings. The van der Waals surface area contributed by atoms with Crippen molar-refractivity contribution in [3.05, 3.63) is 59.7 Å². The Morgan fingerprint density at radius 1 is 1.03 bits per heavy atom. The van der Waals surface area contributed by atoms with Gasteiger partial charge in [0.2, 0.25) is 11.8 Å². The number of hydrogen-bond acceptors (Lipinski definition) is 5. The summed E-state index contributed by atoms with van der Waals surface area (Å²) < 4.78 is 5.35. The van der Waals surface area contributed by atoms with Crippen LogP contribution in [-0.2, 0) is 20.7 Å². The second-order valence-corrected chi connectivity index (χ2v) is 9.93. The van der Waals surface area contributed by atoms with Gasteiger partial charge in [0.1, 0.15) is 17.2 Å². The van der Waals surface area contributed by atoms with Gasteiger partial charge in [-0.15, -0.1) is 0 Å². The molecule has 8 heteroatoms. The molecular weight excluding hydrogens is 444 g/mol. The molecule has 1 unspecified atom stereocenters. The van der Waals surface area contributed by atoms with E-state index in [0.29, 0.717) is 18.4 Å². The Labute approximate surface area is 205 Å². The summed E-state index contributed by atoms with van der Waals surface area (Å²) in [4.78, 5) is 37.8. The number of nitrogens with two attached hydrogens (primary N) is 1. The number of benzene rings is 2. The normalized spacial score (nSPS) is 15.5. The summed E-state index contributed by atoms with van der Waals surface area (Å²) in [5.41, 5.74) is 7.13. The van der Waals surface area contributed by atoms with Gasteiger partial charge in [-0.05, 0) is 62.4 Å². The van der Waals surface area contributed by atoms with E-state index < -0.39 is 35.1 Å². The second-order valence-electron chi connectivity index (χ2n) is 9.93. The largest absolute Gasteiger partial charge is 0.444 e. The lowest BCUT2D eigenvalue weighted by Gasteiger charge is -2.31. The number of nitriles is 1. The number of carbonyl (C=O) groups is 3. The number of carbonyl (C=O) groups excluding carboxylic acids is 3. The predicted molar refractivity (Wildman–Crippen MR) is 132 cm³/mol. The Bertz CT molecular complexity index is 1110. The van der Waals surface area contributed by atoms with E-state index >= 15 is 0 Å². The quantitative estimate of drug-likeness (QED) is 0.561. The zero-order valence-corrected chi connectivity index (χ0v) is 20.4. The van der Waals surface area contributed by atoms with Crippen LogP contribution in [0.2, 0.25) is 0 Å². The Balaban J connectivity index is 1.70. The van der Waals surface area contributed by atoms with E-state index in [-0.39, 0.29) is 6.42 Å². The highest BCUT2D eigenvalue weighted by Gasteiger charge is 2.44. The molecule has 0 saturated heterocycles.